The summed E-state index contributed by atoms with van der Waals surface area (Å²) in [5.41, 5.74) is 1.65. The summed E-state index contributed by atoms with van der Waals surface area (Å²) < 4.78 is 10.2. The molecule has 0 N–H and O–H groups in total. The van der Waals surface area contributed by atoms with Gasteiger partial charge in [0.1, 0.15) is 11.5 Å². The Balaban J connectivity index is 2.03. The van der Waals surface area contributed by atoms with Gasteiger partial charge in [0.25, 0.3) is 0 Å². The molecule has 0 heterocycles. The van der Waals surface area contributed by atoms with Crippen LogP contribution in [0.5, 0.6) is 11.5 Å². The highest BCUT2D eigenvalue weighted by Gasteiger charge is 2.10. The van der Waals surface area contributed by atoms with E-state index >= 15 is 0 Å². The summed E-state index contributed by atoms with van der Waals surface area (Å²) in [6.07, 6.45) is 0. The summed E-state index contributed by atoms with van der Waals surface area (Å²) in [5.74, 6) is 1.61. The van der Waals surface area contributed by atoms with Crippen molar-refractivity contribution in [3.05, 3.63) is 54.1 Å². The molecule has 2 aromatic carbocycles. The highest BCUT2D eigenvalue weighted by atomic mass is 16.5. The van der Waals surface area contributed by atoms with Crippen LogP contribution < -0.4 is 14.4 Å². The molecule has 0 saturated carbocycles. The molecule has 2 rings (SSSR count). The minimum Gasteiger partial charge on any atom is -0.497 e. The maximum atomic E-state index is 12.2. The lowest BCUT2D eigenvalue weighted by Gasteiger charge is -2.18. The van der Waals surface area contributed by atoms with Gasteiger partial charge in [-0.3, -0.25) is 4.79 Å². The van der Waals surface area contributed by atoms with Crippen LogP contribution in [0.3, 0.4) is 0 Å². The molecule has 0 amide bonds. The number of hydrogen-bond donors (Lipinski definition) is 0. The molecular weight excluding hydrogens is 266 g/mol. The van der Waals surface area contributed by atoms with Gasteiger partial charge in [0.05, 0.1) is 20.8 Å². The average molecular weight is 285 g/mol. The molecule has 0 unspecified atom stereocenters. The number of nitrogens with zero attached hydrogens (tertiary/aromatic N) is 1. The number of anilines is 1. The van der Waals surface area contributed by atoms with Gasteiger partial charge in [-0.25, -0.2) is 0 Å². The van der Waals surface area contributed by atoms with Crippen LogP contribution in [-0.2, 0) is 0 Å². The highest BCUT2D eigenvalue weighted by molar-refractivity contribution is 5.99. The summed E-state index contributed by atoms with van der Waals surface area (Å²) in [6.45, 7) is 0.318. The van der Waals surface area contributed by atoms with Crippen LogP contribution in [-0.4, -0.2) is 33.6 Å². The fraction of sp³-hybridized carbons (Fsp3) is 0.235. The minimum atomic E-state index is 0.0657. The molecule has 110 valence electrons. The van der Waals surface area contributed by atoms with Crippen LogP contribution >= 0.6 is 0 Å². The van der Waals surface area contributed by atoms with Crippen LogP contribution in [0.15, 0.2) is 48.5 Å². The van der Waals surface area contributed by atoms with Crippen molar-refractivity contribution in [2.24, 2.45) is 0 Å². The fourth-order valence-corrected chi connectivity index (χ4v) is 2.01. The van der Waals surface area contributed by atoms with Crippen LogP contribution in [0.2, 0.25) is 0 Å². The van der Waals surface area contributed by atoms with E-state index in [1.165, 1.54) is 0 Å². The number of ether oxygens (including phenoxy) is 2. The van der Waals surface area contributed by atoms with Crippen molar-refractivity contribution < 1.29 is 14.3 Å². The zero-order valence-electron chi connectivity index (χ0n) is 12.5. The van der Waals surface area contributed by atoms with E-state index in [-0.39, 0.29) is 5.78 Å². The molecule has 0 radical (unpaired) electrons. The Morgan fingerprint density at radius 2 is 1.38 bits per heavy atom. The molecule has 0 aliphatic rings. The topological polar surface area (TPSA) is 38.8 Å². The zero-order valence-corrected chi connectivity index (χ0v) is 12.5. The standard InChI is InChI=1S/C17H19NO3/c1-18(14-6-10-16(21-3)11-7-14)12-17(19)13-4-8-15(20-2)9-5-13/h4-11H,12H2,1-3H3. The Labute approximate surface area is 124 Å². The van der Waals surface area contributed by atoms with E-state index in [2.05, 4.69) is 0 Å². The summed E-state index contributed by atoms with van der Waals surface area (Å²) in [6, 6.07) is 14.8. The fourth-order valence-electron chi connectivity index (χ4n) is 2.01. The predicted octanol–water partition coefficient (Wildman–Crippen LogP) is 3.02. The van der Waals surface area contributed by atoms with Gasteiger partial charge in [0.15, 0.2) is 5.78 Å². The molecule has 0 aliphatic carbocycles. The SMILES string of the molecule is COc1ccc(C(=O)CN(C)c2ccc(OC)cc2)cc1. The monoisotopic (exact) mass is 285 g/mol. The van der Waals surface area contributed by atoms with Crippen LogP contribution in [0.25, 0.3) is 0 Å². The summed E-state index contributed by atoms with van der Waals surface area (Å²) >= 11 is 0. The Kier molecular flexibility index (Phi) is 4.82. The van der Waals surface area contributed by atoms with E-state index in [0.717, 1.165) is 17.2 Å². The van der Waals surface area contributed by atoms with Gasteiger partial charge in [-0.05, 0) is 48.5 Å². The van der Waals surface area contributed by atoms with Gasteiger partial charge in [-0.15, -0.1) is 0 Å². The second-order valence-corrected chi connectivity index (χ2v) is 4.71. The third-order valence-electron chi connectivity index (χ3n) is 3.31. The number of carbonyl (C=O) groups excluding carboxylic acids is 1. The molecule has 0 aliphatic heterocycles. The van der Waals surface area contributed by atoms with Crippen LogP contribution in [0.4, 0.5) is 5.69 Å². The molecule has 0 bridgehead atoms. The van der Waals surface area contributed by atoms with Crippen molar-refractivity contribution in [3.8, 4) is 11.5 Å². The van der Waals surface area contributed by atoms with Gasteiger partial charge in [0.2, 0.25) is 0 Å². The van der Waals surface area contributed by atoms with Crippen molar-refractivity contribution >= 4 is 11.5 Å². The van der Waals surface area contributed by atoms with Crippen molar-refractivity contribution in [1.29, 1.82) is 0 Å². The molecule has 4 nitrogen and oxygen atoms in total. The molecule has 4 heteroatoms. The van der Waals surface area contributed by atoms with Crippen molar-refractivity contribution in [1.82, 2.24) is 0 Å². The summed E-state index contributed by atoms with van der Waals surface area (Å²) in [5, 5.41) is 0. The van der Waals surface area contributed by atoms with Gasteiger partial charge in [-0.2, -0.15) is 0 Å². The number of benzene rings is 2. The maximum absolute atomic E-state index is 12.2. The molecule has 21 heavy (non-hydrogen) atoms. The van der Waals surface area contributed by atoms with E-state index in [9.17, 15) is 4.79 Å². The number of likely N-dealkylation sites (N-methyl/N-ethyl adjacent to an activating group) is 1. The number of carbonyl (C=O) groups is 1. The number of methoxy groups -OCH3 is 2. The maximum Gasteiger partial charge on any atom is 0.182 e. The number of rotatable bonds is 6. The van der Waals surface area contributed by atoms with Crippen molar-refractivity contribution in [2.75, 3.05) is 32.7 Å². The van der Waals surface area contributed by atoms with Gasteiger partial charge >= 0.3 is 0 Å². The molecule has 0 fully saturated rings. The smallest absolute Gasteiger partial charge is 0.182 e. The molecule has 0 saturated heterocycles. The lowest BCUT2D eigenvalue weighted by molar-refractivity contribution is 0.100. The van der Waals surface area contributed by atoms with Crippen molar-refractivity contribution in [3.63, 3.8) is 0 Å². The quantitative estimate of drug-likeness (QED) is 0.765. The van der Waals surface area contributed by atoms with E-state index in [1.807, 2.05) is 36.2 Å². The molecule has 0 spiro atoms. The van der Waals surface area contributed by atoms with E-state index in [0.29, 0.717) is 12.1 Å². The van der Waals surface area contributed by atoms with Crippen LogP contribution in [0, 0.1) is 0 Å². The first-order valence-corrected chi connectivity index (χ1v) is 6.66. The minimum absolute atomic E-state index is 0.0657. The Morgan fingerprint density at radius 1 is 0.905 bits per heavy atom. The summed E-state index contributed by atoms with van der Waals surface area (Å²) in [4.78, 5) is 14.2. The zero-order chi connectivity index (χ0) is 15.2. The van der Waals surface area contributed by atoms with Gasteiger partial charge in [-0.1, -0.05) is 0 Å². The molecular formula is C17H19NO3. The number of Topliss-reactive ketones (excluding diaryl/α,β-unsaturated/α-hetero) is 1. The van der Waals surface area contributed by atoms with Crippen LogP contribution in [0.1, 0.15) is 10.4 Å². The number of ketones is 1. The largest absolute Gasteiger partial charge is 0.497 e. The first-order valence-electron chi connectivity index (χ1n) is 6.66. The second kappa shape index (κ2) is 6.79. The Hall–Kier alpha value is -2.49. The van der Waals surface area contributed by atoms with Crippen molar-refractivity contribution in [2.45, 2.75) is 0 Å². The third kappa shape index (κ3) is 3.75. The third-order valence-corrected chi connectivity index (χ3v) is 3.31. The summed E-state index contributed by atoms with van der Waals surface area (Å²) in [7, 11) is 5.13. The Bertz CT molecular complexity index is 590. The van der Waals surface area contributed by atoms with E-state index in [4.69, 9.17) is 9.47 Å². The van der Waals surface area contributed by atoms with Gasteiger partial charge in [0, 0.05) is 18.3 Å². The number of hydrogen-bond acceptors (Lipinski definition) is 4. The lowest BCUT2D eigenvalue weighted by Crippen LogP contribution is -2.25. The normalized spacial score (nSPS) is 10.0. The lowest BCUT2D eigenvalue weighted by atomic mass is 10.1. The molecule has 0 atom stereocenters. The predicted molar refractivity (Wildman–Crippen MR) is 83.6 cm³/mol. The molecule has 0 aromatic heterocycles. The van der Waals surface area contributed by atoms with E-state index < -0.39 is 0 Å². The molecule has 2 aromatic rings. The first-order chi connectivity index (χ1) is 10.1. The second-order valence-electron chi connectivity index (χ2n) is 4.71. The first kappa shape index (κ1) is 14.9. The van der Waals surface area contributed by atoms with Gasteiger partial charge < -0.3 is 14.4 Å². The van der Waals surface area contributed by atoms with E-state index in [1.54, 1.807) is 38.5 Å². The Morgan fingerprint density at radius 3 is 1.86 bits per heavy atom. The average Bonchev–Trinajstić information content (AvgIpc) is 2.55. The highest BCUT2D eigenvalue weighted by Crippen LogP contribution is 2.19.